The molecular formula is C9H11IO2. The van der Waals surface area contributed by atoms with Crippen molar-refractivity contribution in [2.75, 3.05) is 0 Å². The maximum absolute atomic E-state index is 11.5. The van der Waals surface area contributed by atoms with Crippen LogP contribution in [0.2, 0.25) is 0 Å². The quantitative estimate of drug-likeness (QED) is 0.383. The molecule has 0 N–H and O–H groups in total. The molecule has 0 spiro atoms. The number of carbonyl (C=O) groups is 1. The summed E-state index contributed by atoms with van der Waals surface area (Å²) >= 11 is 2.45. The lowest BCUT2D eigenvalue weighted by molar-refractivity contribution is -0.147. The Labute approximate surface area is 85.2 Å². The van der Waals surface area contributed by atoms with E-state index in [9.17, 15) is 4.79 Å². The van der Waals surface area contributed by atoms with Crippen molar-refractivity contribution in [1.82, 2.24) is 0 Å². The number of carbonyl (C=O) groups excluding carboxylic acids is 1. The fraction of sp³-hybridized carbons (Fsp3) is 0.889. The van der Waals surface area contributed by atoms with Crippen LogP contribution in [0.25, 0.3) is 0 Å². The van der Waals surface area contributed by atoms with Crippen LogP contribution in [0.5, 0.6) is 0 Å². The van der Waals surface area contributed by atoms with Crippen LogP contribution in [0.15, 0.2) is 0 Å². The summed E-state index contributed by atoms with van der Waals surface area (Å²) in [6.45, 7) is 2.09. The number of hydrogen-bond acceptors (Lipinski definition) is 2. The smallest absolute Gasteiger partial charge is 0.312 e. The van der Waals surface area contributed by atoms with Crippen LogP contribution in [-0.4, -0.2) is 16.0 Å². The zero-order valence-corrected chi connectivity index (χ0v) is 9.08. The van der Waals surface area contributed by atoms with Gasteiger partial charge in [-0.25, -0.2) is 0 Å². The van der Waals surface area contributed by atoms with Gasteiger partial charge in [-0.2, -0.15) is 0 Å². The monoisotopic (exact) mass is 278 g/mol. The summed E-state index contributed by atoms with van der Waals surface area (Å²) in [4.78, 5) is 11.5. The molecule has 3 aliphatic rings. The Morgan fingerprint density at radius 2 is 2.42 bits per heavy atom. The highest BCUT2D eigenvalue weighted by Crippen LogP contribution is 2.63. The zero-order chi connectivity index (χ0) is 8.51. The van der Waals surface area contributed by atoms with E-state index in [0.29, 0.717) is 9.84 Å². The van der Waals surface area contributed by atoms with Crippen molar-refractivity contribution in [1.29, 1.82) is 0 Å². The first kappa shape index (κ1) is 7.59. The molecule has 12 heavy (non-hydrogen) atoms. The van der Waals surface area contributed by atoms with Gasteiger partial charge >= 0.3 is 5.97 Å². The van der Waals surface area contributed by atoms with Crippen molar-refractivity contribution in [2.24, 2.45) is 17.3 Å². The Morgan fingerprint density at radius 1 is 1.67 bits per heavy atom. The molecular weight excluding hydrogens is 267 g/mol. The van der Waals surface area contributed by atoms with Crippen LogP contribution < -0.4 is 0 Å². The molecule has 2 saturated carbocycles. The first-order valence-electron chi connectivity index (χ1n) is 4.48. The number of esters is 1. The highest BCUT2D eigenvalue weighted by atomic mass is 127. The third kappa shape index (κ3) is 0.624. The summed E-state index contributed by atoms with van der Waals surface area (Å²) in [5.41, 5.74) is -0.100. The fourth-order valence-electron chi connectivity index (χ4n) is 3.24. The molecule has 0 amide bonds. The fourth-order valence-corrected chi connectivity index (χ4v) is 4.43. The van der Waals surface area contributed by atoms with Crippen molar-refractivity contribution in [2.45, 2.75) is 29.8 Å². The van der Waals surface area contributed by atoms with Crippen molar-refractivity contribution < 1.29 is 9.53 Å². The van der Waals surface area contributed by atoms with Gasteiger partial charge in [-0.15, -0.1) is 0 Å². The molecule has 1 aliphatic heterocycles. The van der Waals surface area contributed by atoms with Gasteiger partial charge in [0.2, 0.25) is 0 Å². The van der Waals surface area contributed by atoms with Crippen LogP contribution in [0, 0.1) is 17.3 Å². The topological polar surface area (TPSA) is 26.3 Å². The molecule has 3 fully saturated rings. The van der Waals surface area contributed by atoms with E-state index in [4.69, 9.17) is 4.74 Å². The van der Waals surface area contributed by atoms with E-state index in [1.54, 1.807) is 0 Å². The van der Waals surface area contributed by atoms with E-state index in [0.717, 1.165) is 12.3 Å². The second-order valence-corrected chi connectivity index (χ2v) is 5.98. The van der Waals surface area contributed by atoms with Gasteiger partial charge in [-0.05, 0) is 25.7 Å². The van der Waals surface area contributed by atoms with Crippen molar-refractivity contribution in [3.05, 3.63) is 0 Å². The number of rotatable bonds is 0. The molecule has 66 valence electrons. The molecule has 2 nitrogen and oxygen atoms in total. The van der Waals surface area contributed by atoms with E-state index >= 15 is 0 Å². The average molecular weight is 278 g/mol. The summed E-state index contributed by atoms with van der Waals surface area (Å²) in [5, 5.41) is 0. The van der Waals surface area contributed by atoms with Gasteiger partial charge in [-0.1, -0.05) is 22.6 Å². The van der Waals surface area contributed by atoms with Gasteiger partial charge in [0.1, 0.15) is 6.10 Å². The predicted octanol–water partition coefficient (Wildman–Crippen LogP) is 1.76. The lowest BCUT2D eigenvalue weighted by Crippen LogP contribution is -2.33. The Hall–Kier alpha value is 0.200. The Kier molecular flexibility index (Phi) is 1.26. The summed E-state index contributed by atoms with van der Waals surface area (Å²) in [6, 6.07) is 0. The minimum atomic E-state index is -0.100. The van der Waals surface area contributed by atoms with Gasteiger partial charge in [0.05, 0.1) is 9.34 Å². The molecule has 0 aromatic heterocycles. The largest absolute Gasteiger partial charge is 0.460 e. The minimum absolute atomic E-state index is 0.0687. The van der Waals surface area contributed by atoms with Crippen LogP contribution in [-0.2, 0) is 9.53 Å². The summed E-state index contributed by atoms with van der Waals surface area (Å²) in [5.74, 6) is 1.35. The van der Waals surface area contributed by atoms with Crippen molar-refractivity contribution in [3.8, 4) is 0 Å². The normalized spacial score (nSPS) is 61.0. The first-order valence-corrected chi connectivity index (χ1v) is 5.72. The molecule has 2 aliphatic carbocycles. The maximum atomic E-state index is 11.5. The SMILES string of the molecule is CC12CC3CC1C(OC2=O)C3I. The lowest BCUT2D eigenvalue weighted by Gasteiger charge is -2.25. The maximum Gasteiger partial charge on any atom is 0.312 e. The van der Waals surface area contributed by atoms with Gasteiger partial charge in [0.15, 0.2) is 0 Å². The molecule has 2 bridgehead atoms. The molecule has 5 unspecified atom stereocenters. The molecule has 5 atom stereocenters. The summed E-state index contributed by atoms with van der Waals surface area (Å²) < 4.78 is 6.00. The van der Waals surface area contributed by atoms with E-state index in [2.05, 4.69) is 29.5 Å². The number of alkyl halides is 1. The second-order valence-electron chi connectivity index (χ2n) is 4.54. The molecule has 1 heterocycles. The average Bonchev–Trinajstić information content (AvgIpc) is 2.53. The Bertz CT molecular complexity index is 265. The van der Waals surface area contributed by atoms with E-state index in [1.165, 1.54) is 6.42 Å². The zero-order valence-electron chi connectivity index (χ0n) is 6.92. The van der Waals surface area contributed by atoms with Gasteiger partial charge in [-0.3, -0.25) is 4.79 Å². The van der Waals surface area contributed by atoms with Crippen LogP contribution >= 0.6 is 22.6 Å². The van der Waals surface area contributed by atoms with E-state index < -0.39 is 0 Å². The third-order valence-corrected chi connectivity index (χ3v) is 5.66. The Balaban J connectivity index is 2.09. The van der Waals surface area contributed by atoms with Crippen molar-refractivity contribution in [3.63, 3.8) is 0 Å². The lowest BCUT2D eigenvalue weighted by atomic mass is 9.76. The number of halogens is 1. The van der Waals surface area contributed by atoms with Crippen LogP contribution in [0.4, 0.5) is 0 Å². The molecule has 0 radical (unpaired) electrons. The van der Waals surface area contributed by atoms with Crippen LogP contribution in [0.3, 0.4) is 0 Å². The van der Waals surface area contributed by atoms with E-state index in [1.807, 2.05) is 0 Å². The van der Waals surface area contributed by atoms with Crippen molar-refractivity contribution >= 4 is 28.6 Å². The summed E-state index contributed by atoms with van der Waals surface area (Å²) in [6.07, 6.45) is 2.54. The predicted molar refractivity (Wildman–Crippen MR) is 52.0 cm³/mol. The molecule has 1 saturated heterocycles. The van der Waals surface area contributed by atoms with Gasteiger partial charge in [0.25, 0.3) is 0 Å². The Morgan fingerprint density at radius 3 is 3.00 bits per heavy atom. The highest BCUT2D eigenvalue weighted by Gasteiger charge is 2.67. The highest BCUT2D eigenvalue weighted by molar-refractivity contribution is 14.1. The molecule has 0 aromatic carbocycles. The van der Waals surface area contributed by atoms with E-state index in [-0.39, 0.29) is 17.5 Å². The molecule has 0 aromatic rings. The standard InChI is InChI=1S/C9H11IO2/c1-9-3-4-2-5(9)7(6(4)10)12-8(9)11/h4-7H,2-3H2,1H3. The third-order valence-electron chi connectivity index (χ3n) is 3.93. The first-order chi connectivity index (χ1) is 5.63. The molecule has 3 rings (SSSR count). The molecule has 3 heteroatoms. The summed E-state index contributed by atoms with van der Waals surface area (Å²) in [7, 11) is 0. The number of hydrogen-bond donors (Lipinski definition) is 0. The van der Waals surface area contributed by atoms with Gasteiger partial charge < -0.3 is 4.74 Å². The minimum Gasteiger partial charge on any atom is -0.460 e. The van der Waals surface area contributed by atoms with Crippen LogP contribution in [0.1, 0.15) is 19.8 Å². The number of ether oxygens (including phenoxy) is 1. The van der Waals surface area contributed by atoms with Gasteiger partial charge in [0, 0.05) is 5.92 Å². The number of fused-ring (bicyclic) bond motifs is 1. The second kappa shape index (κ2) is 1.99.